The third kappa shape index (κ3) is 3.00. The highest BCUT2D eigenvalue weighted by molar-refractivity contribution is 6.03. The van der Waals surface area contributed by atoms with E-state index in [9.17, 15) is 14.4 Å². The molecule has 0 aromatic heterocycles. The van der Waals surface area contributed by atoms with Gasteiger partial charge in [-0.15, -0.1) is 0 Å². The van der Waals surface area contributed by atoms with Crippen molar-refractivity contribution in [3.63, 3.8) is 0 Å². The van der Waals surface area contributed by atoms with Crippen LogP contribution in [0.1, 0.15) is 46.5 Å². The SMILES string of the molecule is CC(C)(C)CC(CC(=O)O)N1C(=O)C2CCC(O2)C1=O. The molecule has 0 spiro atoms. The molecule has 0 aromatic carbocycles. The summed E-state index contributed by atoms with van der Waals surface area (Å²) in [6.07, 6.45) is 0.190. The van der Waals surface area contributed by atoms with Gasteiger partial charge in [0, 0.05) is 0 Å². The van der Waals surface area contributed by atoms with E-state index in [2.05, 4.69) is 0 Å². The molecule has 3 atom stereocenters. The van der Waals surface area contributed by atoms with E-state index >= 15 is 0 Å². The predicted octanol–water partition coefficient (Wildman–Crippen LogP) is 1.18. The van der Waals surface area contributed by atoms with Gasteiger partial charge in [0.2, 0.25) is 0 Å². The van der Waals surface area contributed by atoms with Gasteiger partial charge in [-0.1, -0.05) is 20.8 Å². The molecular weight excluding hydrogens is 262 g/mol. The number of imide groups is 1. The quantitative estimate of drug-likeness (QED) is 0.783. The molecular formula is C14H21NO5. The standard InChI is InChI=1S/C14H21NO5/c1-14(2,3)7-8(6-11(16)17)15-12(18)9-4-5-10(20-9)13(15)19/h8-10H,4-7H2,1-3H3,(H,16,17). The third-order valence-corrected chi connectivity index (χ3v) is 3.67. The average Bonchev–Trinajstić information content (AvgIpc) is 2.70. The molecule has 0 aliphatic carbocycles. The van der Waals surface area contributed by atoms with Crippen LogP contribution >= 0.6 is 0 Å². The largest absolute Gasteiger partial charge is 0.481 e. The highest BCUT2D eigenvalue weighted by atomic mass is 16.5. The summed E-state index contributed by atoms with van der Waals surface area (Å²) in [6, 6.07) is -0.598. The Morgan fingerprint density at radius 2 is 1.80 bits per heavy atom. The molecule has 6 nitrogen and oxygen atoms in total. The zero-order chi connectivity index (χ0) is 15.1. The number of hydrogen-bond donors (Lipinski definition) is 1. The minimum Gasteiger partial charge on any atom is -0.481 e. The fourth-order valence-electron chi connectivity index (χ4n) is 2.94. The van der Waals surface area contributed by atoms with E-state index in [0.29, 0.717) is 19.3 Å². The monoisotopic (exact) mass is 283 g/mol. The molecule has 1 N–H and O–H groups in total. The van der Waals surface area contributed by atoms with Gasteiger partial charge in [0.05, 0.1) is 12.5 Å². The van der Waals surface area contributed by atoms with Crippen molar-refractivity contribution in [3.05, 3.63) is 0 Å². The first kappa shape index (κ1) is 15.0. The van der Waals surface area contributed by atoms with E-state index in [1.807, 2.05) is 20.8 Å². The smallest absolute Gasteiger partial charge is 0.305 e. The molecule has 0 saturated carbocycles. The molecule has 2 bridgehead atoms. The second kappa shape index (κ2) is 5.16. The summed E-state index contributed by atoms with van der Waals surface area (Å²) in [6.45, 7) is 5.89. The van der Waals surface area contributed by atoms with Crippen molar-refractivity contribution in [3.8, 4) is 0 Å². The molecule has 112 valence electrons. The molecule has 3 unspecified atom stereocenters. The van der Waals surface area contributed by atoms with E-state index in [1.165, 1.54) is 0 Å². The van der Waals surface area contributed by atoms with Crippen molar-refractivity contribution in [2.24, 2.45) is 5.41 Å². The second-order valence-electron chi connectivity index (χ2n) is 6.75. The summed E-state index contributed by atoms with van der Waals surface area (Å²) in [5.74, 6) is -1.75. The zero-order valence-corrected chi connectivity index (χ0v) is 12.1. The van der Waals surface area contributed by atoms with Gasteiger partial charge in [-0.05, 0) is 24.7 Å². The molecule has 2 rings (SSSR count). The van der Waals surface area contributed by atoms with Crippen LogP contribution in [-0.4, -0.2) is 46.0 Å². The number of aliphatic carboxylic acids is 1. The number of amides is 2. The predicted molar refractivity (Wildman–Crippen MR) is 69.9 cm³/mol. The van der Waals surface area contributed by atoms with Gasteiger partial charge in [-0.2, -0.15) is 0 Å². The van der Waals surface area contributed by atoms with Gasteiger partial charge in [0.25, 0.3) is 11.8 Å². The van der Waals surface area contributed by atoms with Gasteiger partial charge < -0.3 is 9.84 Å². The van der Waals surface area contributed by atoms with Crippen LogP contribution in [0.4, 0.5) is 0 Å². The Hall–Kier alpha value is -1.43. The number of morpholine rings is 1. The lowest BCUT2D eigenvalue weighted by molar-refractivity contribution is -0.172. The third-order valence-electron chi connectivity index (χ3n) is 3.67. The molecule has 20 heavy (non-hydrogen) atoms. The topological polar surface area (TPSA) is 83.9 Å². The highest BCUT2D eigenvalue weighted by Crippen LogP contribution is 2.33. The number of ether oxygens (including phenoxy) is 1. The van der Waals surface area contributed by atoms with Crippen molar-refractivity contribution in [1.29, 1.82) is 0 Å². The van der Waals surface area contributed by atoms with E-state index in [0.717, 1.165) is 4.90 Å². The van der Waals surface area contributed by atoms with Crippen LogP contribution in [-0.2, 0) is 19.1 Å². The number of fused-ring (bicyclic) bond motifs is 2. The molecule has 2 aliphatic rings. The van der Waals surface area contributed by atoms with E-state index in [-0.39, 0.29) is 23.7 Å². The summed E-state index contributed by atoms with van der Waals surface area (Å²) in [5, 5.41) is 9.05. The molecule has 0 aromatic rings. The van der Waals surface area contributed by atoms with Crippen LogP contribution in [0.2, 0.25) is 0 Å². The maximum atomic E-state index is 12.3. The van der Waals surface area contributed by atoms with Crippen molar-refractivity contribution in [2.45, 2.75) is 64.7 Å². The molecule has 2 saturated heterocycles. The summed E-state index contributed by atoms with van der Waals surface area (Å²) in [5.41, 5.74) is -0.169. The Morgan fingerprint density at radius 3 is 2.20 bits per heavy atom. The average molecular weight is 283 g/mol. The maximum Gasteiger partial charge on any atom is 0.305 e. The van der Waals surface area contributed by atoms with Crippen LogP contribution in [0.25, 0.3) is 0 Å². The summed E-state index contributed by atoms with van der Waals surface area (Å²) in [7, 11) is 0. The molecule has 2 fully saturated rings. The van der Waals surface area contributed by atoms with E-state index in [4.69, 9.17) is 9.84 Å². The Kier molecular flexibility index (Phi) is 3.86. The second-order valence-corrected chi connectivity index (χ2v) is 6.75. The van der Waals surface area contributed by atoms with Crippen LogP contribution < -0.4 is 0 Å². The number of carboxylic acids is 1. The normalized spacial score (nSPS) is 27.9. The fraction of sp³-hybridized carbons (Fsp3) is 0.786. The van der Waals surface area contributed by atoms with Crippen molar-refractivity contribution in [1.82, 2.24) is 4.90 Å². The number of carbonyl (C=O) groups is 3. The number of rotatable bonds is 4. The first-order chi connectivity index (χ1) is 9.19. The van der Waals surface area contributed by atoms with Crippen LogP contribution in [0.3, 0.4) is 0 Å². The van der Waals surface area contributed by atoms with E-state index < -0.39 is 24.2 Å². The van der Waals surface area contributed by atoms with Gasteiger partial charge in [0.15, 0.2) is 0 Å². The first-order valence-corrected chi connectivity index (χ1v) is 6.93. The lowest BCUT2D eigenvalue weighted by Gasteiger charge is -2.38. The Morgan fingerprint density at radius 1 is 1.30 bits per heavy atom. The minimum atomic E-state index is -1.00. The maximum absolute atomic E-state index is 12.3. The lowest BCUT2D eigenvalue weighted by Crippen LogP contribution is -2.57. The van der Waals surface area contributed by atoms with Gasteiger partial charge in [-0.25, -0.2) is 0 Å². The number of nitrogens with zero attached hydrogens (tertiary/aromatic N) is 1. The number of carbonyl (C=O) groups excluding carboxylic acids is 2. The van der Waals surface area contributed by atoms with Crippen LogP contribution in [0.5, 0.6) is 0 Å². The van der Waals surface area contributed by atoms with Gasteiger partial charge >= 0.3 is 5.97 Å². The van der Waals surface area contributed by atoms with E-state index in [1.54, 1.807) is 0 Å². The number of hydrogen-bond acceptors (Lipinski definition) is 4. The van der Waals surface area contributed by atoms with Crippen LogP contribution in [0, 0.1) is 5.41 Å². The van der Waals surface area contributed by atoms with Gasteiger partial charge in [0.1, 0.15) is 12.2 Å². The fourth-order valence-corrected chi connectivity index (χ4v) is 2.94. The summed E-state index contributed by atoms with van der Waals surface area (Å²) < 4.78 is 5.35. The van der Waals surface area contributed by atoms with Crippen molar-refractivity contribution < 1.29 is 24.2 Å². The Balaban J connectivity index is 2.24. The molecule has 0 radical (unpaired) electrons. The first-order valence-electron chi connectivity index (χ1n) is 6.93. The minimum absolute atomic E-state index is 0.169. The molecule has 2 aliphatic heterocycles. The Labute approximate surface area is 118 Å². The number of carboxylic acid groups (broad SMARTS) is 1. The number of likely N-dealkylation sites (tertiary alicyclic amines) is 1. The summed E-state index contributed by atoms with van der Waals surface area (Å²) in [4.78, 5) is 36.8. The zero-order valence-electron chi connectivity index (χ0n) is 12.1. The van der Waals surface area contributed by atoms with Crippen LogP contribution in [0.15, 0.2) is 0 Å². The molecule has 2 amide bonds. The molecule has 6 heteroatoms. The lowest BCUT2D eigenvalue weighted by atomic mass is 9.86. The summed E-state index contributed by atoms with van der Waals surface area (Å²) >= 11 is 0. The molecule has 2 heterocycles. The van der Waals surface area contributed by atoms with Crippen molar-refractivity contribution >= 4 is 17.8 Å². The highest BCUT2D eigenvalue weighted by Gasteiger charge is 2.49. The Bertz CT molecular complexity index is 417. The van der Waals surface area contributed by atoms with Gasteiger partial charge in [-0.3, -0.25) is 19.3 Å². The van der Waals surface area contributed by atoms with Crippen molar-refractivity contribution in [2.75, 3.05) is 0 Å².